The molecule has 0 spiro atoms. The van der Waals surface area contributed by atoms with Crippen molar-refractivity contribution in [3.05, 3.63) is 40.1 Å². The molecule has 0 saturated heterocycles. The second-order valence-electron chi connectivity index (χ2n) is 3.91. The maximum absolute atomic E-state index is 11.4. The quantitative estimate of drug-likeness (QED) is 0.515. The number of nitrogens with one attached hydrogen (secondary N) is 1. The summed E-state index contributed by atoms with van der Waals surface area (Å²) in [7, 11) is 0. The van der Waals surface area contributed by atoms with E-state index in [9.17, 15) is 4.79 Å². The average molecular weight is 353 g/mol. The summed E-state index contributed by atoms with van der Waals surface area (Å²) in [6.07, 6.45) is -0.641. The normalized spacial score (nSPS) is 11.3. The average Bonchev–Trinajstić information content (AvgIpc) is 2.88. The third-order valence-corrected chi connectivity index (χ3v) is 2.99. The van der Waals surface area contributed by atoms with Gasteiger partial charge in [-0.3, -0.25) is 0 Å². The highest BCUT2D eigenvalue weighted by Gasteiger charge is 2.12. The van der Waals surface area contributed by atoms with Gasteiger partial charge in [-0.2, -0.15) is 4.68 Å². The van der Waals surface area contributed by atoms with Crippen molar-refractivity contribution >= 4 is 27.9 Å². The first kappa shape index (κ1) is 15.1. The molecule has 2 aromatic rings. The molecule has 1 heterocycles. The van der Waals surface area contributed by atoms with Crippen molar-refractivity contribution in [2.75, 3.05) is 6.61 Å². The second kappa shape index (κ2) is 6.93. The van der Waals surface area contributed by atoms with Gasteiger partial charge in [0.15, 0.2) is 11.7 Å². The summed E-state index contributed by atoms with van der Waals surface area (Å²) in [5.41, 5.74) is 3.05. The number of aromatic nitrogens is 4. The van der Waals surface area contributed by atoms with Gasteiger partial charge < -0.3 is 4.74 Å². The van der Waals surface area contributed by atoms with E-state index in [4.69, 9.17) is 4.74 Å². The Labute approximate surface area is 129 Å². The number of hydrogen-bond acceptors (Lipinski definition) is 6. The Morgan fingerprint density at radius 1 is 1.43 bits per heavy atom. The molecule has 0 atom stereocenters. The van der Waals surface area contributed by atoms with Crippen LogP contribution in [0.5, 0.6) is 0 Å². The zero-order valence-electron chi connectivity index (χ0n) is 11.4. The third-order valence-electron chi connectivity index (χ3n) is 2.46. The van der Waals surface area contributed by atoms with Gasteiger partial charge in [-0.1, -0.05) is 28.1 Å². The number of tetrazole rings is 1. The molecule has 0 fully saturated rings. The number of nitrogens with zero attached hydrogens (tertiary/aromatic N) is 5. The van der Waals surface area contributed by atoms with E-state index in [-0.39, 0.29) is 6.61 Å². The number of rotatable bonds is 3. The van der Waals surface area contributed by atoms with Crippen molar-refractivity contribution in [1.82, 2.24) is 25.6 Å². The monoisotopic (exact) mass is 352 g/mol. The Bertz CT molecular complexity index is 652. The fourth-order valence-electron chi connectivity index (χ4n) is 1.52. The first-order valence-electron chi connectivity index (χ1n) is 6.13. The van der Waals surface area contributed by atoms with Crippen LogP contribution in [0.15, 0.2) is 33.8 Å². The van der Waals surface area contributed by atoms with E-state index < -0.39 is 6.09 Å². The van der Waals surface area contributed by atoms with Crippen molar-refractivity contribution in [3.8, 4) is 0 Å². The van der Waals surface area contributed by atoms with Gasteiger partial charge in [-0.25, -0.2) is 10.2 Å². The molecule has 1 aromatic carbocycles. The van der Waals surface area contributed by atoms with E-state index in [0.717, 1.165) is 10.0 Å². The van der Waals surface area contributed by atoms with Gasteiger partial charge in [0, 0.05) is 10.0 Å². The molecule has 8 nitrogen and oxygen atoms in total. The van der Waals surface area contributed by atoms with Crippen LogP contribution in [0.4, 0.5) is 4.79 Å². The molecule has 21 heavy (non-hydrogen) atoms. The van der Waals surface area contributed by atoms with Crippen LogP contribution in [0.3, 0.4) is 0 Å². The van der Waals surface area contributed by atoms with E-state index in [1.165, 1.54) is 4.68 Å². The highest BCUT2D eigenvalue weighted by Crippen LogP contribution is 2.12. The van der Waals surface area contributed by atoms with Crippen LogP contribution < -0.4 is 5.43 Å². The summed E-state index contributed by atoms with van der Waals surface area (Å²) in [4.78, 5) is 11.4. The molecule has 1 amide bonds. The van der Waals surface area contributed by atoms with Crippen LogP contribution in [0, 0.1) is 6.92 Å². The highest BCUT2D eigenvalue weighted by atomic mass is 79.9. The molecule has 0 saturated carbocycles. The fourth-order valence-corrected chi connectivity index (χ4v) is 1.79. The van der Waals surface area contributed by atoms with E-state index in [1.54, 1.807) is 13.8 Å². The first-order valence-corrected chi connectivity index (χ1v) is 6.93. The number of carbonyl (C=O) groups is 1. The summed E-state index contributed by atoms with van der Waals surface area (Å²) in [5, 5.41) is 15.3. The Morgan fingerprint density at radius 3 is 2.71 bits per heavy atom. The van der Waals surface area contributed by atoms with Crippen molar-refractivity contribution in [3.63, 3.8) is 0 Å². The largest absolute Gasteiger partial charge is 0.449 e. The SMILES string of the molecule is CCOC(=O)NN=C(c1ccc(Br)cc1)n1nnnc1C. The predicted octanol–water partition coefficient (Wildman–Crippen LogP) is 1.70. The minimum atomic E-state index is -0.641. The van der Waals surface area contributed by atoms with Crippen molar-refractivity contribution in [2.24, 2.45) is 5.10 Å². The van der Waals surface area contributed by atoms with Gasteiger partial charge in [0.1, 0.15) is 0 Å². The second-order valence-corrected chi connectivity index (χ2v) is 4.83. The summed E-state index contributed by atoms with van der Waals surface area (Å²) in [6.45, 7) is 3.71. The van der Waals surface area contributed by atoms with E-state index in [1.807, 2.05) is 24.3 Å². The molecule has 2 rings (SSSR count). The van der Waals surface area contributed by atoms with E-state index >= 15 is 0 Å². The smallest absolute Gasteiger partial charge is 0.427 e. The third kappa shape index (κ3) is 3.85. The maximum atomic E-state index is 11.4. The highest BCUT2D eigenvalue weighted by molar-refractivity contribution is 9.10. The Kier molecular flexibility index (Phi) is 4.99. The standard InChI is InChI=1S/C12H13BrN6O2/c1-3-21-12(20)16-15-11(19-8(2)14-17-18-19)9-4-6-10(13)7-5-9/h4-7H,3H2,1-2H3,(H,16,20). The van der Waals surface area contributed by atoms with Crippen LogP contribution in [0.1, 0.15) is 18.3 Å². The number of benzene rings is 1. The maximum Gasteiger partial charge on any atom is 0.427 e. The lowest BCUT2D eigenvalue weighted by Gasteiger charge is -2.08. The number of hydrogen-bond donors (Lipinski definition) is 1. The molecule has 0 radical (unpaired) electrons. The minimum absolute atomic E-state index is 0.263. The lowest BCUT2D eigenvalue weighted by molar-refractivity contribution is 0.152. The topological polar surface area (TPSA) is 94.3 Å². The lowest BCUT2D eigenvalue weighted by atomic mass is 10.2. The van der Waals surface area contributed by atoms with E-state index in [0.29, 0.717) is 11.7 Å². The van der Waals surface area contributed by atoms with Gasteiger partial charge in [-0.05, 0) is 36.4 Å². The summed E-state index contributed by atoms with van der Waals surface area (Å²) < 4.78 is 7.12. The van der Waals surface area contributed by atoms with Gasteiger partial charge in [0.25, 0.3) is 0 Å². The Morgan fingerprint density at radius 2 is 2.14 bits per heavy atom. The van der Waals surface area contributed by atoms with Crippen LogP contribution in [-0.2, 0) is 4.74 Å². The summed E-state index contributed by atoms with van der Waals surface area (Å²) >= 11 is 3.36. The molecular formula is C12H13BrN6O2. The predicted molar refractivity (Wildman–Crippen MR) is 78.8 cm³/mol. The van der Waals surface area contributed by atoms with Crippen molar-refractivity contribution in [1.29, 1.82) is 0 Å². The van der Waals surface area contributed by atoms with Crippen LogP contribution in [-0.4, -0.2) is 38.7 Å². The number of carbonyl (C=O) groups excluding carboxylic acids is 1. The van der Waals surface area contributed by atoms with Crippen molar-refractivity contribution < 1.29 is 9.53 Å². The number of hydrazone groups is 1. The lowest BCUT2D eigenvalue weighted by Crippen LogP contribution is -2.25. The molecule has 110 valence electrons. The number of aryl methyl sites for hydroxylation is 1. The molecule has 0 bridgehead atoms. The fraction of sp³-hybridized carbons (Fsp3) is 0.250. The van der Waals surface area contributed by atoms with Crippen LogP contribution in [0.2, 0.25) is 0 Å². The van der Waals surface area contributed by atoms with Crippen LogP contribution >= 0.6 is 15.9 Å². The minimum Gasteiger partial charge on any atom is -0.449 e. The zero-order valence-corrected chi connectivity index (χ0v) is 13.0. The summed E-state index contributed by atoms with van der Waals surface area (Å²) in [5.74, 6) is 0.931. The molecule has 0 aliphatic carbocycles. The summed E-state index contributed by atoms with van der Waals surface area (Å²) in [6, 6.07) is 7.37. The van der Waals surface area contributed by atoms with Gasteiger partial charge in [0.2, 0.25) is 0 Å². The number of amides is 1. The molecular weight excluding hydrogens is 340 g/mol. The first-order chi connectivity index (χ1) is 10.1. The molecule has 0 aliphatic rings. The Hall–Kier alpha value is -2.29. The number of halogens is 1. The molecule has 0 aliphatic heterocycles. The van der Waals surface area contributed by atoms with Gasteiger partial charge in [0.05, 0.1) is 6.61 Å². The zero-order chi connectivity index (χ0) is 15.2. The van der Waals surface area contributed by atoms with Gasteiger partial charge in [-0.15, -0.1) is 10.2 Å². The van der Waals surface area contributed by atoms with E-state index in [2.05, 4.69) is 42.0 Å². The molecule has 9 heteroatoms. The number of ether oxygens (including phenoxy) is 1. The molecule has 1 N–H and O–H groups in total. The van der Waals surface area contributed by atoms with Crippen molar-refractivity contribution in [2.45, 2.75) is 13.8 Å². The molecule has 1 aromatic heterocycles. The van der Waals surface area contributed by atoms with Gasteiger partial charge >= 0.3 is 6.09 Å². The Balaban J connectivity index is 2.35. The van der Waals surface area contributed by atoms with Crippen LogP contribution in [0.25, 0.3) is 0 Å². The molecule has 0 unspecified atom stereocenters.